The van der Waals surface area contributed by atoms with E-state index in [1.807, 2.05) is 6.92 Å². The molecule has 0 aromatic carbocycles. The van der Waals surface area contributed by atoms with Gasteiger partial charge in [0, 0.05) is 11.5 Å². The molecule has 0 aliphatic carbocycles. The summed E-state index contributed by atoms with van der Waals surface area (Å²) < 4.78 is 6.02. The number of carbonyl (C=O) groups is 1. The van der Waals surface area contributed by atoms with Gasteiger partial charge in [0.15, 0.2) is 0 Å². The predicted octanol–water partition coefficient (Wildman–Crippen LogP) is 8.39. The monoisotopic (exact) mass is 380 g/mol. The maximum absolute atomic E-state index is 12.2. The van der Waals surface area contributed by atoms with Crippen molar-refractivity contribution in [3.8, 4) is 0 Å². The summed E-state index contributed by atoms with van der Waals surface area (Å²) in [7, 11) is 0. The average Bonchev–Trinajstić information content (AvgIpc) is 2.65. The molecule has 1 atom stereocenters. The van der Waals surface area contributed by atoms with Crippen molar-refractivity contribution in [2.75, 3.05) is 0 Å². The Morgan fingerprint density at radius 2 is 1.30 bits per heavy atom. The molecule has 0 radical (unpaired) electrons. The normalized spacial score (nSPS) is 13.2. The Bertz CT molecular complexity index is 361. The molecule has 0 aliphatic heterocycles. The Balaban J connectivity index is 5.06. The van der Waals surface area contributed by atoms with Gasteiger partial charge in [-0.1, -0.05) is 104 Å². The number of carbonyl (C=O) groups excluding carboxylic acids is 1. The Kier molecular flexibility index (Phi) is 16.8. The lowest BCUT2D eigenvalue weighted by atomic mass is 9.73. The second-order valence-electron chi connectivity index (χ2n) is 8.55. The molecule has 2 nitrogen and oxygen atoms in total. The van der Waals surface area contributed by atoms with E-state index in [2.05, 4.69) is 27.7 Å². The van der Waals surface area contributed by atoms with Crippen LogP contribution in [0.4, 0.5) is 0 Å². The fourth-order valence-electron chi connectivity index (χ4n) is 3.98. The number of allylic oxidation sites excluding steroid dienone is 1. The lowest BCUT2D eigenvalue weighted by Crippen LogP contribution is -2.36. The molecular weight excluding hydrogens is 332 g/mol. The van der Waals surface area contributed by atoms with Crippen LogP contribution in [-0.4, -0.2) is 12.1 Å². The summed E-state index contributed by atoms with van der Waals surface area (Å²) in [5, 5.41) is 0. The van der Waals surface area contributed by atoms with Gasteiger partial charge >= 0.3 is 5.97 Å². The number of hydrogen-bond donors (Lipinski definition) is 0. The van der Waals surface area contributed by atoms with E-state index in [4.69, 9.17) is 4.74 Å². The molecule has 0 amide bonds. The highest BCUT2D eigenvalue weighted by molar-refractivity contribution is 5.81. The largest absolute Gasteiger partial charge is 0.459 e. The van der Waals surface area contributed by atoms with Crippen molar-refractivity contribution >= 4 is 5.97 Å². The smallest absolute Gasteiger partial charge is 0.330 e. The van der Waals surface area contributed by atoms with Gasteiger partial charge in [-0.25, -0.2) is 4.79 Å². The fraction of sp³-hybridized carbons (Fsp3) is 0.880. The first-order valence-corrected chi connectivity index (χ1v) is 11.9. The first kappa shape index (κ1) is 26.2. The van der Waals surface area contributed by atoms with Crippen molar-refractivity contribution < 1.29 is 9.53 Å². The topological polar surface area (TPSA) is 26.3 Å². The zero-order valence-electron chi connectivity index (χ0n) is 19.2. The maximum atomic E-state index is 12.2. The van der Waals surface area contributed by atoms with E-state index in [1.165, 1.54) is 89.9 Å². The van der Waals surface area contributed by atoms with E-state index in [-0.39, 0.29) is 17.5 Å². The maximum Gasteiger partial charge on any atom is 0.330 e. The van der Waals surface area contributed by atoms with Crippen LogP contribution in [0.3, 0.4) is 0 Å². The summed E-state index contributed by atoms with van der Waals surface area (Å²) >= 11 is 0. The molecule has 27 heavy (non-hydrogen) atoms. The molecular formula is C25H48O2. The lowest BCUT2D eigenvalue weighted by molar-refractivity contribution is -0.151. The third kappa shape index (κ3) is 13.1. The van der Waals surface area contributed by atoms with Gasteiger partial charge in [-0.3, -0.25) is 0 Å². The van der Waals surface area contributed by atoms with Gasteiger partial charge in [0.05, 0.1) is 0 Å². The predicted molar refractivity (Wildman–Crippen MR) is 119 cm³/mol. The second kappa shape index (κ2) is 17.3. The van der Waals surface area contributed by atoms with Gasteiger partial charge in [-0.2, -0.15) is 0 Å². The lowest BCUT2D eigenvalue weighted by Gasteiger charge is -2.38. The van der Waals surface area contributed by atoms with E-state index < -0.39 is 0 Å². The molecule has 1 unspecified atom stereocenters. The van der Waals surface area contributed by atoms with Gasteiger partial charge in [0.2, 0.25) is 0 Å². The molecule has 0 fully saturated rings. The Morgan fingerprint density at radius 1 is 0.815 bits per heavy atom. The van der Waals surface area contributed by atoms with Crippen LogP contribution in [0.15, 0.2) is 12.2 Å². The average molecular weight is 381 g/mol. The summed E-state index contributed by atoms with van der Waals surface area (Å²) in [5.74, 6) is -0.161. The van der Waals surface area contributed by atoms with Crippen molar-refractivity contribution in [2.45, 2.75) is 137 Å². The third-order valence-corrected chi connectivity index (χ3v) is 5.86. The summed E-state index contributed by atoms with van der Waals surface area (Å²) in [6.45, 7) is 11.0. The zero-order valence-corrected chi connectivity index (χ0v) is 19.2. The van der Waals surface area contributed by atoms with Crippen LogP contribution in [-0.2, 0) is 9.53 Å². The van der Waals surface area contributed by atoms with Crippen LogP contribution in [0.25, 0.3) is 0 Å². The van der Waals surface area contributed by atoms with Crippen molar-refractivity contribution in [1.29, 1.82) is 0 Å². The Labute approximate surface area is 170 Å². The number of ether oxygens (including phenoxy) is 1. The van der Waals surface area contributed by atoms with Crippen LogP contribution in [0.1, 0.15) is 131 Å². The van der Waals surface area contributed by atoms with Gasteiger partial charge < -0.3 is 4.74 Å². The van der Waals surface area contributed by atoms with E-state index in [0.29, 0.717) is 0 Å². The minimum Gasteiger partial charge on any atom is -0.459 e. The van der Waals surface area contributed by atoms with E-state index in [1.54, 1.807) is 12.2 Å². The van der Waals surface area contributed by atoms with Gasteiger partial charge in [0.25, 0.3) is 0 Å². The molecule has 0 aromatic heterocycles. The first-order chi connectivity index (χ1) is 13.0. The minimum absolute atomic E-state index is 0.0568. The molecule has 0 N–H and O–H groups in total. The molecule has 2 heteroatoms. The van der Waals surface area contributed by atoms with Gasteiger partial charge in [-0.15, -0.1) is 0 Å². The SMILES string of the molecule is C/C=C/C(=O)OC(CCCCCC)C(C)(CCCCCC)CCCCCC. The summed E-state index contributed by atoms with van der Waals surface area (Å²) in [6.07, 6.45) is 22.0. The van der Waals surface area contributed by atoms with E-state index >= 15 is 0 Å². The van der Waals surface area contributed by atoms with Crippen molar-refractivity contribution in [3.63, 3.8) is 0 Å². The molecule has 0 aliphatic rings. The molecule has 160 valence electrons. The highest BCUT2D eigenvalue weighted by Crippen LogP contribution is 2.39. The van der Waals surface area contributed by atoms with Gasteiger partial charge in [-0.05, 0) is 32.6 Å². The summed E-state index contributed by atoms with van der Waals surface area (Å²) in [6, 6.07) is 0. The Morgan fingerprint density at radius 3 is 1.74 bits per heavy atom. The minimum atomic E-state index is -0.161. The highest BCUT2D eigenvalue weighted by atomic mass is 16.5. The zero-order chi connectivity index (χ0) is 20.4. The van der Waals surface area contributed by atoms with Crippen molar-refractivity contribution in [2.24, 2.45) is 5.41 Å². The fourth-order valence-corrected chi connectivity index (χ4v) is 3.98. The van der Waals surface area contributed by atoms with Gasteiger partial charge in [0.1, 0.15) is 6.10 Å². The molecule has 0 saturated carbocycles. The third-order valence-electron chi connectivity index (χ3n) is 5.86. The molecule has 0 spiro atoms. The molecule has 0 saturated heterocycles. The number of hydrogen-bond acceptors (Lipinski definition) is 2. The number of esters is 1. The molecule has 0 bridgehead atoms. The van der Waals surface area contributed by atoms with Crippen LogP contribution < -0.4 is 0 Å². The quantitative estimate of drug-likeness (QED) is 0.135. The molecule has 0 heterocycles. The summed E-state index contributed by atoms with van der Waals surface area (Å²) in [5.41, 5.74) is 0.116. The molecule has 0 aromatic rings. The van der Waals surface area contributed by atoms with Crippen molar-refractivity contribution in [1.82, 2.24) is 0 Å². The summed E-state index contributed by atoms with van der Waals surface area (Å²) in [4.78, 5) is 12.2. The first-order valence-electron chi connectivity index (χ1n) is 11.9. The van der Waals surface area contributed by atoms with Crippen LogP contribution in [0.2, 0.25) is 0 Å². The molecule has 0 rings (SSSR count). The highest BCUT2D eigenvalue weighted by Gasteiger charge is 2.35. The van der Waals surface area contributed by atoms with Crippen LogP contribution in [0, 0.1) is 5.41 Å². The van der Waals surface area contributed by atoms with Crippen LogP contribution >= 0.6 is 0 Å². The van der Waals surface area contributed by atoms with E-state index in [9.17, 15) is 4.79 Å². The Hall–Kier alpha value is -0.790. The van der Waals surface area contributed by atoms with Crippen molar-refractivity contribution in [3.05, 3.63) is 12.2 Å². The number of rotatable bonds is 18. The number of unbranched alkanes of at least 4 members (excludes halogenated alkanes) is 9. The van der Waals surface area contributed by atoms with Crippen LogP contribution in [0.5, 0.6) is 0 Å². The second-order valence-corrected chi connectivity index (χ2v) is 8.55. The van der Waals surface area contributed by atoms with E-state index in [0.717, 1.165) is 6.42 Å². The standard InChI is InChI=1S/C25H48O2/c1-6-10-13-16-20-23(27-24(26)19-9-4)25(5,21-17-14-11-7-2)22-18-15-12-8-3/h9,19,23H,6-8,10-18,20-22H2,1-5H3/b19-9+.